The SMILES string of the molecule is CC(C)=C(C)C([NH-])=O.CNC(=O)NS(=O)(=O)c1c[c-]ccc1C.[Y]. The Morgan fingerprint density at radius 3 is 2.08 bits per heavy atom. The van der Waals surface area contributed by atoms with Crippen LogP contribution in [0.4, 0.5) is 4.79 Å². The summed E-state index contributed by atoms with van der Waals surface area (Å²) < 4.78 is 25.1. The van der Waals surface area contributed by atoms with Crippen LogP contribution in [0.2, 0.25) is 0 Å². The van der Waals surface area contributed by atoms with E-state index >= 15 is 0 Å². The Morgan fingerprint density at radius 2 is 1.75 bits per heavy atom. The molecule has 1 aromatic rings. The number of carbonyl (C=O) groups excluding carboxylic acids is 2. The van der Waals surface area contributed by atoms with Crippen LogP contribution in [0, 0.1) is 13.0 Å². The van der Waals surface area contributed by atoms with Crippen molar-refractivity contribution in [1.29, 1.82) is 0 Å². The minimum absolute atomic E-state index is 0. The monoisotopic (exact) mass is 428 g/mol. The van der Waals surface area contributed by atoms with Crippen molar-refractivity contribution in [3.8, 4) is 0 Å². The molecule has 24 heavy (non-hydrogen) atoms. The number of allylic oxidation sites excluding steroid dienone is 1. The number of rotatable bonds is 3. The molecule has 3 N–H and O–H groups in total. The van der Waals surface area contributed by atoms with Crippen molar-refractivity contribution in [3.05, 3.63) is 46.7 Å². The van der Waals surface area contributed by atoms with E-state index in [0.29, 0.717) is 11.1 Å². The van der Waals surface area contributed by atoms with E-state index in [9.17, 15) is 18.0 Å². The zero-order chi connectivity index (χ0) is 18.2. The van der Waals surface area contributed by atoms with Crippen LogP contribution in [0.3, 0.4) is 0 Å². The maximum absolute atomic E-state index is 11.6. The predicted octanol–water partition coefficient (Wildman–Crippen LogP) is 2.33. The van der Waals surface area contributed by atoms with Crippen molar-refractivity contribution in [3.63, 3.8) is 0 Å². The van der Waals surface area contributed by atoms with Crippen molar-refractivity contribution in [2.75, 3.05) is 7.05 Å². The van der Waals surface area contributed by atoms with Crippen LogP contribution in [0.1, 0.15) is 26.3 Å². The van der Waals surface area contributed by atoms with Gasteiger partial charge in [-0.05, 0) is 31.2 Å². The molecule has 0 aliphatic carbocycles. The van der Waals surface area contributed by atoms with Crippen molar-refractivity contribution in [2.45, 2.75) is 32.6 Å². The van der Waals surface area contributed by atoms with E-state index in [0.717, 1.165) is 5.57 Å². The smallest absolute Gasteiger partial charge is 0.327 e. The average molecular weight is 428 g/mol. The van der Waals surface area contributed by atoms with Gasteiger partial charge in [-0.25, -0.2) is 17.9 Å². The summed E-state index contributed by atoms with van der Waals surface area (Å²) in [6, 6.07) is 6.42. The number of nitrogens with one attached hydrogen (secondary N) is 3. The molecular weight excluding hydrogens is 407 g/mol. The van der Waals surface area contributed by atoms with Crippen LogP contribution in [-0.2, 0) is 47.5 Å². The summed E-state index contributed by atoms with van der Waals surface area (Å²) in [4.78, 5) is 21.1. The molecule has 1 aromatic carbocycles. The van der Waals surface area contributed by atoms with Crippen molar-refractivity contribution >= 4 is 22.0 Å². The van der Waals surface area contributed by atoms with Crippen molar-refractivity contribution in [2.24, 2.45) is 0 Å². The molecule has 131 valence electrons. The van der Waals surface area contributed by atoms with Gasteiger partial charge in [0.25, 0.3) is 0 Å². The van der Waals surface area contributed by atoms with Crippen LogP contribution in [0.25, 0.3) is 5.73 Å². The van der Waals surface area contributed by atoms with Gasteiger partial charge in [0.15, 0.2) is 0 Å². The molecule has 0 saturated carbocycles. The number of benzene rings is 1. The molecule has 0 aliphatic heterocycles. The molecule has 0 heterocycles. The van der Waals surface area contributed by atoms with E-state index in [2.05, 4.69) is 11.4 Å². The second-order valence-corrected chi connectivity index (χ2v) is 6.48. The van der Waals surface area contributed by atoms with Gasteiger partial charge in [-0.1, -0.05) is 12.5 Å². The predicted molar refractivity (Wildman–Crippen MR) is 88.2 cm³/mol. The van der Waals surface area contributed by atoms with Gasteiger partial charge in [-0.2, -0.15) is 24.3 Å². The van der Waals surface area contributed by atoms with Gasteiger partial charge in [0.05, 0.1) is 5.91 Å². The zero-order valence-electron chi connectivity index (χ0n) is 14.4. The number of hydrogen-bond acceptors (Lipinski definition) is 4. The van der Waals surface area contributed by atoms with E-state index in [1.165, 1.54) is 13.1 Å². The molecule has 9 heteroatoms. The van der Waals surface area contributed by atoms with Gasteiger partial charge in [0, 0.05) is 39.8 Å². The van der Waals surface area contributed by atoms with Crippen LogP contribution < -0.4 is 10.0 Å². The van der Waals surface area contributed by atoms with Gasteiger partial charge in [0.2, 0.25) is 10.0 Å². The molecule has 0 aromatic heterocycles. The van der Waals surface area contributed by atoms with Crippen LogP contribution >= 0.6 is 0 Å². The molecule has 0 spiro atoms. The molecule has 0 aliphatic rings. The topological polar surface area (TPSA) is 116 Å². The summed E-state index contributed by atoms with van der Waals surface area (Å²) in [6.45, 7) is 6.94. The van der Waals surface area contributed by atoms with Crippen LogP contribution in [-0.4, -0.2) is 27.4 Å². The number of sulfonamides is 1. The molecule has 0 bridgehead atoms. The van der Waals surface area contributed by atoms with Crippen molar-refractivity contribution < 1.29 is 50.7 Å². The van der Waals surface area contributed by atoms with Gasteiger partial charge < -0.3 is 15.8 Å². The van der Waals surface area contributed by atoms with E-state index in [4.69, 9.17) is 5.73 Å². The molecular formula is C15H21N3O4SY-2. The summed E-state index contributed by atoms with van der Waals surface area (Å²) >= 11 is 0. The van der Waals surface area contributed by atoms with E-state index in [-0.39, 0.29) is 37.6 Å². The summed E-state index contributed by atoms with van der Waals surface area (Å²) in [6.07, 6.45) is 0. The molecule has 0 fully saturated rings. The molecule has 7 nitrogen and oxygen atoms in total. The second kappa shape index (κ2) is 11.3. The molecule has 0 unspecified atom stereocenters. The van der Waals surface area contributed by atoms with Crippen LogP contribution in [0.15, 0.2) is 34.2 Å². The minimum Gasteiger partial charge on any atom is -0.664 e. The van der Waals surface area contributed by atoms with E-state index < -0.39 is 22.0 Å². The quantitative estimate of drug-likeness (QED) is 0.568. The Morgan fingerprint density at radius 1 is 1.21 bits per heavy atom. The van der Waals surface area contributed by atoms with E-state index in [1.54, 1.807) is 26.0 Å². The Bertz CT molecular complexity index is 711. The largest absolute Gasteiger partial charge is 0.664 e. The first-order valence-electron chi connectivity index (χ1n) is 6.64. The van der Waals surface area contributed by atoms with E-state index in [1.807, 2.05) is 18.6 Å². The number of urea groups is 1. The third-order valence-corrected chi connectivity index (χ3v) is 4.34. The summed E-state index contributed by atoms with van der Waals surface area (Å²) in [5.41, 5.74) is 8.65. The van der Waals surface area contributed by atoms with Gasteiger partial charge in [-0.15, -0.1) is 5.56 Å². The van der Waals surface area contributed by atoms with Gasteiger partial charge in [-0.3, -0.25) is 0 Å². The minimum atomic E-state index is -3.80. The molecule has 1 radical (unpaired) electrons. The van der Waals surface area contributed by atoms with Gasteiger partial charge >= 0.3 is 6.03 Å². The zero-order valence-corrected chi connectivity index (χ0v) is 18.0. The maximum Gasteiger partial charge on any atom is 0.327 e. The third-order valence-electron chi connectivity index (χ3n) is 2.87. The molecule has 3 amide bonds. The van der Waals surface area contributed by atoms with Gasteiger partial charge in [0.1, 0.15) is 0 Å². The maximum atomic E-state index is 11.6. The average Bonchev–Trinajstić information content (AvgIpc) is 2.46. The Kier molecular flexibility index (Phi) is 11.8. The number of hydrogen-bond donors (Lipinski definition) is 2. The summed E-state index contributed by atoms with van der Waals surface area (Å²) in [5, 5.41) is 2.17. The van der Waals surface area contributed by atoms with Crippen LogP contribution in [0.5, 0.6) is 0 Å². The Labute approximate surface area is 168 Å². The first-order chi connectivity index (χ1) is 10.5. The van der Waals surface area contributed by atoms with Crippen molar-refractivity contribution in [1.82, 2.24) is 10.0 Å². The first-order valence-corrected chi connectivity index (χ1v) is 8.12. The molecule has 0 saturated heterocycles. The Hall–Kier alpha value is -1.25. The first kappa shape index (κ1) is 25.0. The molecule has 0 atom stereocenters. The number of carbonyl (C=O) groups is 2. The number of amides is 3. The normalized spacial score (nSPS) is 9.54. The Balaban J connectivity index is 0. The number of aryl methyl sites for hydroxylation is 1. The summed E-state index contributed by atoms with van der Waals surface area (Å²) in [5.74, 6) is -0.579. The fourth-order valence-electron chi connectivity index (χ4n) is 1.24. The second-order valence-electron chi connectivity index (χ2n) is 4.83. The fraction of sp³-hybridized carbons (Fsp3) is 0.333. The third kappa shape index (κ3) is 8.56. The summed E-state index contributed by atoms with van der Waals surface area (Å²) in [7, 11) is -2.45. The standard InChI is InChI=1S/C9H11N2O3S.C6H11NO.Y/c1-7-5-3-4-6-8(7)15(13,14)11-9(12)10-2;1-4(2)5(3)6(7)8;/h3,5-6H,1-2H3,(H2,10,11,12);1-3H3,(H2,7,8);/q-1;;/p-1. The fourth-order valence-corrected chi connectivity index (χ4v) is 2.41. The molecule has 1 rings (SSSR count).